The van der Waals surface area contributed by atoms with Crippen LogP contribution in [-0.2, 0) is 51.9 Å². The topological polar surface area (TPSA) is 468 Å². The molecule has 1 aromatic heterocycles. The number of benzene rings is 1. The summed E-state index contributed by atoms with van der Waals surface area (Å²) in [6.45, 7) is 16.2. The lowest BCUT2D eigenvalue weighted by Gasteiger charge is -2.49. The molecule has 6 aliphatic heterocycles. The summed E-state index contributed by atoms with van der Waals surface area (Å²) in [6.07, 6.45) is -3.36. The lowest BCUT2D eigenvalue weighted by atomic mass is 9.56. The number of aliphatic hydroxyl groups is 2. The number of aliphatic hydroxyl groups excluding tert-OH is 2. The molecule has 5 saturated heterocycles. The van der Waals surface area contributed by atoms with Gasteiger partial charge < -0.3 is 90.1 Å². The number of phosphoric acid groups is 1. The fourth-order valence-corrected chi connectivity index (χ4v) is 17.7. The van der Waals surface area contributed by atoms with Gasteiger partial charge in [0.2, 0.25) is 41.4 Å². The highest BCUT2D eigenvalue weighted by Gasteiger charge is 2.68. The molecule has 0 saturated carbocycles. The largest absolute Gasteiger partial charge is 0.497 e. The Kier molecular flexibility index (Phi) is 20.1. The Morgan fingerprint density at radius 2 is 1.38 bits per heavy atom. The number of nitrogens with two attached hydrogens (primary N) is 6. The van der Waals surface area contributed by atoms with Crippen LogP contribution in [0, 0.1) is 45.3 Å². The molecule has 1 aromatic carbocycles. The number of carbonyl (C=O) groups excluding carboxylic acids is 7. The van der Waals surface area contributed by atoms with E-state index in [1.54, 1.807) is 18.2 Å². The zero-order valence-corrected chi connectivity index (χ0v) is 54.0. The lowest BCUT2D eigenvalue weighted by Crippen LogP contribution is -2.64. The maximum absolute atomic E-state index is 14.4. The molecular formula is C61H94N13O15P. The monoisotopic (exact) mass is 1280 g/mol. The van der Waals surface area contributed by atoms with E-state index < -0.39 is 156 Å². The van der Waals surface area contributed by atoms with Crippen LogP contribution in [-0.4, -0.2) is 140 Å². The molecule has 2 aromatic rings. The number of fused-ring (bicyclic) bond motifs is 10. The predicted molar refractivity (Wildman–Crippen MR) is 329 cm³/mol. The van der Waals surface area contributed by atoms with E-state index in [0.717, 1.165) is 16.8 Å². The lowest BCUT2D eigenvalue weighted by molar-refractivity contribution is -0.124. The second kappa shape index (κ2) is 26.2. The number of amides is 7. The van der Waals surface area contributed by atoms with Crippen LogP contribution in [0.2, 0.25) is 0 Å². The summed E-state index contributed by atoms with van der Waals surface area (Å²) in [5, 5.41) is 40.1. The Morgan fingerprint density at radius 3 is 1.97 bits per heavy atom. The van der Waals surface area contributed by atoms with Gasteiger partial charge in [0.1, 0.15) is 24.1 Å². The first-order chi connectivity index (χ1) is 42.0. The molecule has 90 heavy (non-hydrogen) atoms. The van der Waals surface area contributed by atoms with E-state index in [2.05, 4.69) is 51.5 Å². The second-order valence-corrected chi connectivity index (χ2v) is 28.7. The molecule has 18 unspecified atom stereocenters. The van der Waals surface area contributed by atoms with Crippen LogP contribution in [0.4, 0.5) is 0 Å². The highest BCUT2D eigenvalue weighted by Crippen LogP contribution is 2.62. The Balaban J connectivity index is 1.17. The van der Waals surface area contributed by atoms with Gasteiger partial charge >= 0.3 is 7.82 Å². The maximum atomic E-state index is 14.4. The van der Waals surface area contributed by atoms with Gasteiger partial charge in [0.05, 0.1) is 43.2 Å². The third kappa shape index (κ3) is 13.2. The number of carbonyl (C=O) groups is 7. The van der Waals surface area contributed by atoms with Crippen LogP contribution >= 0.6 is 7.82 Å². The van der Waals surface area contributed by atoms with E-state index in [-0.39, 0.29) is 76.7 Å². The summed E-state index contributed by atoms with van der Waals surface area (Å²) in [7, 11) is -3.56. The van der Waals surface area contributed by atoms with E-state index in [1.807, 2.05) is 41.5 Å². The summed E-state index contributed by atoms with van der Waals surface area (Å²) in [5.41, 5.74) is 35.6. The van der Waals surface area contributed by atoms with Crippen molar-refractivity contribution in [2.45, 2.75) is 193 Å². The molecule has 8 rings (SSSR count). The van der Waals surface area contributed by atoms with Gasteiger partial charge in [-0.1, -0.05) is 34.6 Å². The molecular weight excluding hydrogens is 1190 g/mol. The molecule has 6 aliphatic rings. The van der Waals surface area contributed by atoms with E-state index in [0.29, 0.717) is 34.6 Å². The van der Waals surface area contributed by atoms with Gasteiger partial charge in [-0.3, -0.25) is 42.6 Å². The highest BCUT2D eigenvalue weighted by molar-refractivity contribution is 7.47. The van der Waals surface area contributed by atoms with Crippen molar-refractivity contribution >= 4 is 60.2 Å². The van der Waals surface area contributed by atoms with Gasteiger partial charge in [0.25, 0.3) is 0 Å². The molecule has 8 bridgehead atoms. The standard InChI is InChI=1S/C61H94N13O15P/c1-29(88-90(84,85)89-52-40(27-75)87-56(51(52)83)74-28-69-38-21-32(86-10)11-15-39(38)74)26-68-48(82)19-20-58(6)36(22-45(65)79)55-61(9)60(8,25-47(67)81)35(14-18-44(64)78)50(73-61)31(3)54-59(7,24-46(66)80)33(12-16-42(62)76)37(70-54)23-41-57(4,5)34(13-17-43(63)77)49(71-41)30(2)53(58)72-55/h11,15,21,23,28-29,33-37,40,49-52,55-56,70-73,75,83H,12-14,16-20,22,24-27H2,1-10H3,(H2,62,76)(H2,63,77)(H2,64,78)(H2,65,79)(H2,66,80)(H2,67,81)(H,68,82)(H,84,85)/b41-23-,53-30-,54-31-. The number of hydrogen-bond donors (Lipinski definition) is 14. The molecule has 5 fully saturated rings. The number of rotatable bonds is 27. The Hall–Kier alpha value is -6.65. The number of hydrogen-bond acceptors (Lipinski definition) is 19. The normalized spacial score (nSPS) is 36.7. The number of ether oxygens (including phenoxy) is 2. The van der Waals surface area contributed by atoms with E-state index >= 15 is 0 Å². The second-order valence-electron chi connectivity index (χ2n) is 27.3. The SMILES string of the molecule is COc1ccc2c(c1)ncn2C1OC(CO)C(OP(=O)(O)OC(C)CNC(=O)CCC2(C)/C3=C(\C)C4N/C(=C\C5N/C(=C(/C)C6NC(C)(C(N3)C2CC(N)=O)C(C)(CC(N)=O)C6CCC(N)=O)C(C)(CC(N)=O)C5CCC(N)=O)C(C)(C)C4CCC(N)=O)C1O. The van der Waals surface area contributed by atoms with Crippen molar-refractivity contribution in [1.82, 2.24) is 36.1 Å². The first-order valence-electron chi connectivity index (χ1n) is 30.8. The Morgan fingerprint density at radius 1 is 0.778 bits per heavy atom. The molecule has 7 amide bonds. The van der Waals surface area contributed by atoms with Gasteiger partial charge in [-0.25, -0.2) is 9.55 Å². The third-order valence-electron chi connectivity index (χ3n) is 21.3. The zero-order chi connectivity index (χ0) is 66.5. The Bertz CT molecular complexity index is 3300. The quantitative estimate of drug-likeness (QED) is 0.0557. The molecule has 20 N–H and O–H groups in total. The van der Waals surface area contributed by atoms with E-state index in [4.69, 9.17) is 52.9 Å². The van der Waals surface area contributed by atoms with Crippen LogP contribution < -0.4 is 65.7 Å². The number of nitrogens with one attached hydrogen (secondary N) is 5. The molecule has 18 atom stereocenters. The van der Waals surface area contributed by atoms with E-state index in [9.17, 15) is 53.2 Å². The van der Waals surface area contributed by atoms with Crippen molar-refractivity contribution in [1.29, 1.82) is 0 Å². The van der Waals surface area contributed by atoms with E-state index in [1.165, 1.54) is 24.9 Å². The van der Waals surface area contributed by atoms with Crippen LogP contribution in [0.5, 0.6) is 5.75 Å². The number of phosphoric ester groups is 1. The van der Waals surface area contributed by atoms with Gasteiger partial charge in [-0.15, -0.1) is 0 Å². The number of allylic oxidation sites excluding steroid dienone is 3. The van der Waals surface area contributed by atoms with Gasteiger partial charge in [-0.05, 0) is 100 Å². The van der Waals surface area contributed by atoms with Crippen LogP contribution in [0.3, 0.4) is 0 Å². The van der Waals surface area contributed by atoms with Crippen LogP contribution in [0.25, 0.3) is 11.0 Å². The molecule has 29 heteroatoms. The van der Waals surface area contributed by atoms with Crippen molar-refractivity contribution in [3.8, 4) is 5.75 Å². The average molecular weight is 1280 g/mol. The first-order valence-corrected chi connectivity index (χ1v) is 32.3. The number of nitrogens with zero attached hydrogens (tertiary/aromatic N) is 2. The predicted octanol–water partition coefficient (Wildman–Crippen LogP) is 1.11. The van der Waals surface area contributed by atoms with Crippen molar-refractivity contribution in [3.63, 3.8) is 0 Å². The summed E-state index contributed by atoms with van der Waals surface area (Å²) in [4.78, 5) is 109. The minimum Gasteiger partial charge on any atom is -0.497 e. The average Bonchev–Trinajstić information content (AvgIpc) is 1.53. The summed E-state index contributed by atoms with van der Waals surface area (Å²) >= 11 is 0. The van der Waals surface area contributed by atoms with Gasteiger partial charge in [-0.2, -0.15) is 0 Å². The van der Waals surface area contributed by atoms with Gasteiger partial charge in [0.15, 0.2) is 6.23 Å². The van der Waals surface area contributed by atoms with Crippen molar-refractivity contribution < 1.29 is 71.8 Å². The molecule has 0 spiro atoms. The third-order valence-corrected chi connectivity index (χ3v) is 22.4. The minimum absolute atomic E-state index is 0.0205. The smallest absolute Gasteiger partial charge is 0.472 e. The molecule has 28 nitrogen and oxygen atoms in total. The number of aromatic nitrogens is 2. The Labute approximate surface area is 524 Å². The number of imidazole rings is 1. The van der Waals surface area contributed by atoms with Crippen molar-refractivity contribution in [2.24, 2.45) is 79.7 Å². The number of primary amides is 6. The molecule has 498 valence electrons. The first kappa shape index (κ1) is 69.2. The molecule has 0 radical (unpaired) electrons. The molecule has 0 aliphatic carbocycles. The summed E-state index contributed by atoms with van der Waals surface area (Å²) in [5.74, 6) is -5.69. The number of methoxy groups -OCH3 is 1. The van der Waals surface area contributed by atoms with Crippen LogP contribution in [0.1, 0.15) is 139 Å². The minimum atomic E-state index is -5.06. The summed E-state index contributed by atoms with van der Waals surface area (Å²) < 4.78 is 37.4. The van der Waals surface area contributed by atoms with Gasteiger partial charge in [0, 0.05) is 126 Å². The highest BCUT2D eigenvalue weighted by atomic mass is 31.2. The fraction of sp³-hybridized carbons (Fsp3) is 0.672. The summed E-state index contributed by atoms with van der Waals surface area (Å²) in [6, 6.07) is 2.46. The fourth-order valence-electron chi connectivity index (χ4n) is 16.5. The van der Waals surface area contributed by atoms with Crippen LogP contribution in [0.15, 0.2) is 58.8 Å². The molecule has 7 heterocycles. The maximum Gasteiger partial charge on any atom is 0.472 e. The zero-order valence-electron chi connectivity index (χ0n) is 53.1. The van der Waals surface area contributed by atoms with Crippen molar-refractivity contribution in [3.05, 3.63) is 58.8 Å². The van der Waals surface area contributed by atoms with Crippen molar-refractivity contribution in [2.75, 3.05) is 20.3 Å².